The normalized spacial score (nSPS) is 25.6. The molecule has 0 radical (unpaired) electrons. The second kappa shape index (κ2) is 8.33. The fraction of sp³-hybridized carbons (Fsp3) is 0.542. The van der Waals surface area contributed by atoms with E-state index >= 15 is 0 Å². The van der Waals surface area contributed by atoms with Gasteiger partial charge in [-0.15, -0.1) is 0 Å². The van der Waals surface area contributed by atoms with Crippen LogP contribution in [0.2, 0.25) is 0 Å². The molecule has 1 unspecified atom stereocenters. The quantitative estimate of drug-likeness (QED) is 0.721. The molecule has 0 bridgehead atoms. The van der Waals surface area contributed by atoms with E-state index in [1.807, 2.05) is 0 Å². The average Bonchev–Trinajstić information content (AvgIpc) is 2.62. The van der Waals surface area contributed by atoms with Gasteiger partial charge in [0.1, 0.15) is 12.0 Å². The molecule has 3 nitrogen and oxygen atoms in total. The molecule has 2 aliphatic rings. The maximum Gasteiger partial charge on any atom is 0.134 e. The zero-order chi connectivity index (χ0) is 19.6. The molecule has 0 spiro atoms. The predicted molar refractivity (Wildman–Crippen MR) is 116 cm³/mol. The molecule has 1 aliphatic carbocycles. The van der Waals surface area contributed by atoms with Gasteiger partial charge in [-0.2, -0.15) is 0 Å². The number of nitrogens with zero attached hydrogens (tertiary/aromatic N) is 2. The first-order valence-electron chi connectivity index (χ1n) is 10.5. The minimum atomic E-state index is 0.181. The lowest BCUT2D eigenvalue weighted by Gasteiger charge is -2.42. The van der Waals surface area contributed by atoms with Crippen molar-refractivity contribution < 1.29 is 0 Å². The Hall–Kier alpha value is -2.03. The fourth-order valence-corrected chi connectivity index (χ4v) is 4.09. The molecule has 3 rings (SSSR count). The summed E-state index contributed by atoms with van der Waals surface area (Å²) in [4.78, 5) is 7.38. The molecule has 3 heteroatoms. The van der Waals surface area contributed by atoms with Crippen molar-refractivity contribution in [1.29, 1.82) is 0 Å². The maximum atomic E-state index is 5.16. The van der Waals surface area contributed by atoms with Crippen molar-refractivity contribution in [3.05, 3.63) is 52.7 Å². The van der Waals surface area contributed by atoms with Gasteiger partial charge in [-0.05, 0) is 51.5 Å². The molecule has 1 aromatic carbocycles. The largest absolute Gasteiger partial charge is 0.363 e. The fourth-order valence-electron chi connectivity index (χ4n) is 4.09. The Bertz CT molecular complexity index is 748. The highest BCUT2D eigenvalue weighted by Crippen LogP contribution is 2.40. The van der Waals surface area contributed by atoms with E-state index < -0.39 is 0 Å². The monoisotopic (exact) mass is 365 g/mol. The van der Waals surface area contributed by atoms with Crippen molar-refractivity contribution in [3.63, 3.8) is 0 Å². The first-order chi connectivity index (χ1) is 12.9. The molecule has 0 aromatic heterocycles. The first kappa shape index (κ1) is 19.7. The summed E-state index contributed by atoms with van der Waals surface area (Å²) in [6.07, 6.45) is 7.34. The zero-order valence-electron chi connectivity index (χ0n) is 17.8. The summed E-state index contributed by atoms with van der Waals surface area (Å²) in [6.45, 7) is 11.0. The smallest absolute Gasteiger partial charge is 0.134 e. The summed E-state index contributed by atoms with van der Waals surface area (Å²) in [5.74, 6) is 2.62. The number of allylic oxidation sites excluding steroid dienone is 1. The van der Waals surface area contributed by atoms with E-state index in [0.717, 1.165) is 18.2 Å². The molecular weight excluding hydrogens is 330 g/mol. The van der Waals surface area contributed by atoms with Crippen LogP contribution in [0, 0.1) is 18.8 Å². The third kappa shape index (κ3) is 4.28. The van der Waals surface area contributed by atoms with Gasteiger partial charge in [-0.3, -0.25) is 0 Å². The number of likely N-dealkylation sites (N-methyl/N-ethyl adjacent to an activating group) is 1. The molecule has 1 aliphatic heterocycles. The molecule has 1 N–H and O–H groups in total. The molecule has 146 valence electrons. The highest BCUT2D eigenvalue weighted by molar-refractivity contribution is 6.05. The molecule has 0 amide bonds. The Morgan fingerprint density at radius 1 is 1.19 bits per heavy atom. The molecule has 1 saturated carbocycles. The number of benzene rings is 1. The Kier molecular flexibility index (Phi) is 6.08. The third-order valence-electron chi connectivity index (χ3n) is 6.21. The summed E-state index contributed by atoms with van der Waals surface area (Å²) in [7, 11) is 2.13. The van der Waals surface area contributed by atoms with E-state index in [1.54, 1.807) is 0 Å². The maximum absolute atomic E-state index is 5.16. The van der Waals surface area contributed by atoms with Crippen LogP contribution in [0.15, 0.2) is 46.6 Å². The lowest BCUT2D eigenvalue weighted by molar-refractivity contribution is 0.149. The van der Waals surface area contributed by atoms with Gasteiger partial charge in [0.2, 0.25) is 0 Å². The van der Waals surface area contributed by atoms with Crippen molar-refractivity contribution in [2.24, 2.45) is 16.8 Å². The Morgan fingerprint density at radius 3 is 2.44 bits per heavy atom. The van der Waals surface area contributed by atoms with Crippen LogP contribution >= 0.6 is 0 Å². The number of rotatable bonds is 5. The summed E-state index contributed by atoms with van der Waals surface area (Å²) < 4.78 is 0. The SMILES string of the molecule is CC/C(C)=C/N(C)C1=NC(C2CC(CC)C2)NC(c2ccc(C)cc2)=C1C. The Morgan fingerprint density at radius 2 is 1.85 bits per heavy atom. The second-order valence-electron chi connectivity index (χ2n) is 8.35. The molecule has 1 atom stereocenters. The molecule has 1 heterocycles. The molecule has 27 heavy (non-hydrogen) atoms. The van der Waals surface area contributed by atoms with Crippen LogP contribution in [-0.2, 0) is 0 Å². The molecule has 1 aromatic rings. The lowest BCUT2D eigenvalue weighted by Crippen LogP contribution is -2.45. The molecule has 1 fully saturated rings. The molecule has 0 saturated heterocycles. The van der Waals surface area contributed by atoms with Crippen molar-refractivity contribution in [1.82, 2.24) is 10.2 Å². The summed E-state index contributed by atoms with van der Waals surface area (Å²) >= 11 is 0. The van der Waals surface area contributed by atoms with E-state index in [2.05, 4.69) is 82.3 Å². The van der Waals surface area contributed by atoms with Gasteiger partial charge in [0.05, 0.1) is 0 Å². The number of hydrogen-bond donors (Lipinski definition) is 1. The topological polar surface area (TPSA) is 27.6 Å². The van der Waals surface area contributed by atoms with Crippen LogP contribution in [0.25, 0.3) is 5.70 Å². The van der Waals surface area contributed by atoms with Gasteiger partial charge in [-0.25, -0.2) is 4.99 Å². The van der Waals surface area contributed by atoms with Crippen molar-refractivity contribution in [3.8, 4) is 0 Å². The van der Waals surface area contributed by atoms with Crippen LogP contribution in [0.1, 0.15) is 64.5 Å². The van der Waals surface area contributed by atoms with Crippen LogP contribution in [0.3, 0.4) is 0 Å². The van der Waals surface area contributed by atoms with Gasteiger partial charge < -0.3 is 10.2 Å². The number of hydrogen-bond acceptors (Lipinski definition) is 3. The van der Waals surface area contributed by atoms with Crippen LogP contribution in [0.4, 0.5) is 0 Å². The van der Waals surface area contributed by atoms with E-state index in [4.69, 9.17) is 4.99 Å². The Balaban J connectivity index is 1.94. The van der Waals surface area contributed by atoms with E-state index in [1.165, 1.54) is 47.2 Å². The highest BCUT2D eigenvalue weighted by atomic mass is 15.2. The number of aryl methyl sites for hydroxylation is 1. The van der Waals surface area contributed by atoms with Crippen LogP contribution in [-0.4, -0.2) is 23.9 Å². The van der Waals surface area contributed by atoms with E-state index in [0.29, 0.717) is 5.92 Å². The van der Waals surface area contributed by atoms with Gasteiger partial charge in [0, 0.05) is 30.4 Å². The van der Waals surface area contributed by atoms with Crippen molar-refractivity contribution in [2.45, 2.75) is 66.5 Å². The first-order valence-corrected chi connectivity index (χ1v) is 10.5. The number of amidine groups is 1. The number of aliphatic imine (C=N–C) groups is 1. The van der Waals surface area contributed by atoms with Crippen molar-refractivity contribution >= 4 is 11.5 Å². The number of nitrogens with one attached hydrogen (secondary N) is 1. The van der Waals surface area contributed by atoms with Crippen LogP contribution < -0.4 is 5.32 Å². The average molecular weight is 366 g/mol. The summed E-state index contributed by atoms with van der Waals surface area (Å²) in [6, 6.07) is 8.84. The van der Waals surface area contributed by atoms with Crippen LogP contribution in [0.5, 0.6) is 0 Å². The minimum absolute atomic E-state index is 0.181. The van der Waals surface area contributed by atoms with Gasteiger partial charge in [0.25, 0.3) is 0 Å². The second-order valence-corrected chi connectivity index (χ2v) is 8.35. The zero-order valence-corrected chi connectivity index (χ0v) is 17.8. The molecular formula is C24H35N3. The summed E-state index contributed by atoms with van der Waals surface area (Å²) in [5, 5.41) is 3.78. The lowest BCUT2D eigenvalue weighted by atomic mass is 9.71. The predicted octanol–water partition coefficient (Wildman–Crippen LogP) is 5.74. The summed E-state index contributed by atoms with van der Waals surface area (Å²) in [5.41, 5.74) is 6.38. The van der Waals surface area contributed by atoms with Crippen molar-refractivity contribution in [2.75, 3.05) is 7.05 Å². The third-order valence-corrected chi connectivity index (χ3v) is 6.21. The van der Waals surface area contributed by atoms with E-state index in [-0.39, 0.29) is 6.17 Å². The van der Waals surface area contributed by atoms with Gasteiger partial charge >= 0.3 is 0 Å². The van der Waals surface area contributed by atoms with Gasteiger partial charge in [0.15, 0.2) is 0 Å². The standard InChI is InChI=1S/C24H35N3/c1-7-16(3)15-27(6)24-18(5)22(20-11-9-17(4)10-12-20)25-23(26-24)21-13-19(8-2)14-21/h9-12,15,19,21,23,25H,7-8,13-14H2,1-6H3/b16-15+. The van der Waals surface area contributed by atoms with E-state index in [9.17, 15) is 0 Å². The highest BCUT2D eigenvalue weighted by Gasteiger charge is 2.36. The minimum Gasteiger partial charge on any atom is -0.363 e. The van der Waals surface area contributed by atoms with Gasteiger partial charge in [-0.1, -0.05) is 55.7 Å². The Labute approximate surface area is 165 Å².